The van der Waals surface area contributed by atoms with Crippen molar-refractivity contribution in [1.29, 1.82) is 0 Å². The molecule has 0 aromatic carbocycles. The van der Waals surface area contributed by atoms with E-state index in [2.05, 4.69) is 10.4 Å². The van der Waals surface area contributed by atoms with Crippen LogP contribution >= 0.6 is 0 Å². The van der Waals surface area contributed by atoms with Gasteiger partial charge in [0.15, 0.2) is 0 Å². The lowest BCUT2D eigenvalue weighted by Gasteiger charge is -2.17. The summed E-state index contributed by atoms with van der Waals surface area (Å²) in [6, 6.07) is -0.469. The van der Waals surface area contributed by atoms with Crippen molar-refractivity contribution < 1.29 is 4.79 Å². The molecule has 0 bridgehead atoms. The average molecular weight is 239 g/mol. The number of carbonyl (C=O) groups excluding carboxylic acids is 1. The molecular formula is C11H21N5O. The monoisotopic (exact) mass is 239 g/mol. The van der Waals surface area contributed by atoms with Crippen molar-refractivity contribution in [2.45, 2.75) is 13.0 Å². The fraction of sp³-hybridized carbons (Fsp3) is 0.636. The lowest BCUT2D eigenvalue weighted by molar-refractivity contribution is -0.120. The zero-order chi connectivity index (χ0) is 13.0. The Labute approximate surface area is 102 Å². The van der Waals surface area contributed by atoms with Crippen molar-refractivity contribution in [1.82, 2.24) is 20.0 Å². The minimum Gasteiger partial charge on any atom is -0.368 e. The summed E-state index contributed by atoms with van der Waals surface area (Å²) in [5, 5.41) is 7.27. The first-order valence-electron chi connectivity index (χ1n) is 5.59. The van der Waals surface area contributed by atoms with Crippen molar-refractivity contribution in [2.75, 3.05) is 27.2 Å². The minimum absolute atomic E-state index is 0.375. The molecule has 3 N–H and O–H groups in total. The molecule has 6 heteroatoms. The molecule has 0 fully saturated rings. The Morgan fingerprint density at radius 3 is 2.71 bits per heavy atom. The van der Waals surface area contributed by atoms with Crippen molar-refractivity contribution >= 4 is 5.91 Å². The van der Waals surface area contributed by atoms with Gasteiger partial charge in [-0.25, -0.2) is 0 Å². The zero-order valence-corrected chi connectivity index (χ0v) is 10.9. The van der Waals surface area contributed by atoms with Crippen LogP contribution in [0.3, 0.4) is 0 Å². The van der Waals surface area contributed by atoms with Gasteiger partial charge in [0.1, 0.15) is 6.04 Å². The number of amides is 1. The third-order valence-electron chi connectivity index (χ3n) is 2.78. The van der Waals surface area contributed by atoms with Crippen LogP contribution in [-0.4, -0.2) is 47.8 Å². The molecule has 1 unspecified atom stereocenters. The number of nitrogens with one attached hydrogen (secondary N) is 1. The normalized spacial score (nSPS) is 13.0. The highest BCUT2D eigenvalue weighted by atomic mass is 16.1. The van der Waals surface area contributed by atoms with Crippen LogP contribution in [0.5, 0.6) is 0 Å². The second kappa shape index (κ2) is 5.79. The molecule has 96 valence electrons. The van der Waals surface area contributed by atoms with E-state index in [0.29, 0.717) is 6.54 Å². The van der Waals surface area contributed by atoms with Crippen LogP contribution in [-0.2, 0) is 11.8 Å². The zero-order valence-electron chi connectivity index (χ0n) is 10.9. The summed E-state index contributed by atoms with van der Waals surface area (Å²) < 4.78 is 1.74. The van der Waals surface area contributed by atoms with Gasteiger partial charge in [0, 0.05) is 31.4 Å². The molecule has 1 rings (SSSR count). The third-order valence-corrected chi connectivity index (χ3v) is 2.78. The van der Waals surface area contributed by atoms with Crippen molar-refractivity contribution in [3.8, 4) is 0 Å². The maximum absolute atomic E-state index is 11.4. The van der Waals surface area contributed by atoms with Crippen molar-refractivity contribution in [3.63, 3.8) is 0 Å². The Kier molecular flexibility index (Phi) is 4.65. The lowest BCUT2D eigenvalue weighted by Crippen LogP contribution is -2.37. The molecule has 1 atom stereocenters. The van der Waals surface area contributed by atoms with E-state index < -0.39 is 6.04 Å². The van der Waals surface area contributed by atoms with Crippen molar-refractivity contribution in [3.05, 3.63) is 17.5 Å². The van der Waals surface area contributed by atoms with E-state index in [1.54, 1.807) is 10.9 Å². The molecule has 0 aliphatic heterocycles. The summed E-state index contributed by atoms with van der Waals surface area (Å²) in [5.41, 5.74) is 7.21. The van der Waals surface area contributed by atoms with Gasteiger partial charge in [-0.3, -0.25) is 9.48 Å². The van der Waals surface area contributed by atoms with Crippen LogP contribution in [0, 0.1) is 6.92 Å². The van der Waals surface area contributed by atoms with Gasteiger partial charge in [-0.05, 0) is 21.0 Å². The second-order valence-electron chi connectivity index (χ2n) is 4.40. The van der Waals surface area contributed by atoms with Crippen LogP contribution < -0.4 is 11.1 Å². The number of hydrogen-bond donors (Lipinski definition) is 2. The Morgan fingerprint density at radius 2 is 2.29 bits per heavy atom. The SMILES string of the molecule is Cc1c(C(NCCN(C)C)C(N)=O)cnn1C. The fourth-order valence-electron chi connectivity index (χ4n) is 1.60. The number of carbonyl (C=O) groups is 1. The smallest absolute Gasteiger partial charge is 0.239 e. The summed E-state index contributed by atoms with van der Waals surface area (Å²) in [5.74, 6) is -0.375. The lowest BCUT2D eigenvalue weighted by atomic mass is 10.1. The second-order valence-corrected chi connectivity index (χ2v) is 4.40. The van der Waals surface area contributed by atoms with E-state index in [1.807, 2.05) is 33.0 Å². The van der Waals surface area contributed by atoms with E-state index in [1.165, 1.54) is 0 Å². The average Bonchev–Trinajstić information content (AvgIpc) is 2.54. The van der Waals surface area contributed by atoms with Gasteiger partial charge in [-0.2, -0.15) is 5.10 Å². The maximum Gasteiger partial charge on any atom is 0.239 e. The van der Waals surface area contributed by atoms with Gasteiger partial charge in [0.2, 0.25) is 5.91 Å². The number of nitrogens with two attached hydrogens (primary N) is 1. The molecule has 17 heavy (non-hydrogen) atoms. The first kappa shape index (κ1) is 13.7. The molecule has 0 radical (unpaired) electrons. The Bertz CT molecular complexity index is 385. The fourth-order valence-corrected chi connectivity index (χ4v) is 1.60. The summed E-state index contributed by atoms with van der Waals surface area (Å²) in [6.07, 6.45) is 1.69. The van der Waals surface area contributed by atoms with E-state index in [4.69, 9.17) is 5.73 Å². The van der Waals surface area contributed by atoms with Crippen LogP contribution in [0.4, 0.5) is 0 Å². The van der Waals surface area contributed by atoms with E-state index in [0.717, 1.165) is 17.8 Å². The van der Waals surface area contributed by atoms with Gasteiger partial charge < -0.3 is 16.0 Å². The molecule has 1 aromatic heterocycles. The third kappa shape index (κ3) is 3.54. The molecule has 0 aliphatic carbocycles. The highest BCUT2D eigenvalue weighted by Gasteiger charge is 2.21. The first-order valence-corrected chi connectivity index (χ1v) is 5.59. The van der Waals surface area contributed by atoms with Gasteiger partial charge in [0.05, 0.1) is 6.20 Å². The van der Waals surface area contributed by atoms with E-state index in [9.17, 15) is 4.79 Å². The van der Waals surface area contributed by atoms with E-state index >= 15 is 0 Å². The van der Waals surface area contributed by atoms with Crippen LogP contribution in [0.15, 0.2) is 6.20 Å². The minimum atomic E-state index is -0.469. The molecule has 1 heterocycles. The van der Waals surface area contributed by atoms with Gasteiger partial charge >= 0.3 is 0 Å². The summed E-state index contributed by atoms with van der Waals surface area (Å²) in [6.45, 7) is 3.48. The number of aryl methyl sites for hydroxylation is 1. The van der Waals surface area contributed by atoms with Crippen LogP contribution in [0.2, 0.25) is 0 Å². The molecular weight excluding hydrogens is 218 g/mol. The Hall–Kier alpha value is -1.40. The van der Waals surface area contributed by atoms with Crippen LogP contribution in [0.25, 0.3) is 0 Å². The van der Waals surface area contributed by atoms with Crippen LogP contribution in [0.1, 0.15) is 17.3 Å². The molecule has 0 saturated carbocycles. The Morgan fingerprint density at radius 1 is 1.65 bits per heavy atom. The standard InChI is InChI=1S/C11H21N5O/c1-8-9(7-14-16(8)4)10(11(12)17)13-5-6-15(2)3/h7,10,13H,5-6H2,1-4H3,(H2,12,17). The molecule has 0 spiro atoms. The summed E-state index contributed by atoms with van der Waals surface area (Å²) in [7, 11) is 5.81. The van der Waals surface area contributed by atoms with Crippen molar-refractivity contribution in [2.24, 2.45) is 12.8 Å². The number of aromatic nitrogens is 2. The topological polar surface area (TPSA) is 76.2 Å². The largest absolute Gasteiger partial charge is 0.368 e. The highest BCUT2D eigenvalue weighted by Crippen LogP contribution is 2.15. The molecule has 0 saturated heterocycles. The molecule has 1 amide bonds. The van der Waals surface area contributed by atoms with E-state index in [-0.39, 0.29) is 5.91 Å². The molecule has 1 aromatic rings. The van der Waals surface area contributed by atoms with Gasteiger partial charge in [0.25, 0.3) is 0 Å². The summed E-state index contributed by atoms with van der Waals surface area (Å²) in [4.78, 5) is 13.5. The molecule has 6 nitrogen and oxygen atoms in total. The summed E-state index contributed by atoms with van der Waals surface area (Å²) >= 11 is 0. The Balaban J connectivity index is 2.73. The number of rotatable bonds is 6. The number of primary amides is 1. The maximum atomic E-state index is 11.4. The molecule has 0 aliphatic rings. The highest BCUT2D eigenvalue weighted by molar-refractivity contribution is 5.81. The first-order chi connectivity index (χ1) is 7.93. The van der Waals surface area contributed by atoms with Gasteiger partial charge in [-0.1, -0.05) is 0 Å². The predicted molar refractivity (Wildman–Crippen MR) is 66.4 cm³/mol. The quantitative estimate of drug-likeness (QED) is 0.695. The number of hydrogen-bond acceptors (Lipinski definition) is 4. The number of likely N-dealkylation sites (N-methyl/N-ethyl adjacent to an activating group) is 1. The number of nitrogens with zero attached hydrogens (tertiary/aromatic N) is 3. The van der Waals surface area contributed by atoms with Gasteiger partial charge in [-0.15, -0.1) is 0 Å². The predicted octanol–water partition coefficient (Wildman–Crippen LogP) is -0.594.